The van der Waals surface area contributed by atoms with Gasteiger partial charge in [0.1, 0.15) is 0 Å². The summed E-state index contributed by atoms with van der Waals surface area (Å²) in [5, 5.41) is 9.46. The molecule has 0 saturated carbocycles. The number of hydrogen-bond acceptors (Lipinski definition) is 2. The van der Waals surface area contributed by atoms with Crippen molar-refractivity contribution in [3.63, 3.8) is 0 Å². The van der Waals surface area contributed by atoms with Gasteiger partial charge in [0.2, 0.25) is 0 Å². The maximum Gasteiger partial charge on any atom is 0.0666 e. The maximum atomic E-state index is 9.46. The first-order chi connectivity index (χ1) is 4.10. The van der Waals surface area contributed by atoms with E-state index < -0.39 is 5.60 Å². The van der Waals surface area contributed by atoms with Crippen LogP contribution in [0.25, 0.3) is 0 Å². The van der Waals surface area contributed by atoms with Crippen LogP contribution in [0, 0.1) is 0 Å². The third kappa shape index (κ3) is 1.95. The smallest absolute Gasteiger partial charge is 0.0666 e. The fourth-order valence-corrected chi connectivity index (χ4v) is 1.26. The minimum atomic E-state index is -0.475. The van der Waals surface area contributed by atoms with Gasteiger partial charge in [0.15, 0.2) is 0 Å². The van der Waals surface area contributed by atoms with Crippen molar-refractivity contribution in [2.45, 2.75) is 38.4 Å². The van der Waals surface area contributed by atoms with Crippen LogP contribution in [0.15, 0.2) is 0 Å². The fraction of sp³-hybridized carbons (Fsp3) is 1.00. The molecule has 1 aliphatic heterocycles. The molecular weight excluding hydrogens is 116 g/mol. The molecule has 0 bridgehead atoms. The second-order valence-corrected chi connectivity index (χ2v) is 3.13. The van der Waals surface area contributed by atoms with Crippen molar-refractivity contribution in [3.05, 3.63) is 0 Å². The summed E-state index contributed by atoms with van der Waals surface area (Å²) in [6, 6.07) is 0. The van der Waals surface area contributed by atoms with Crippen LogP contribution < -0.4 is 0 Å². The number of rotatable bonds is 0. The summed E-state index contributed by atoms with van der Waals surface area (Å²) in [6.45, 7) is 4.56. The zero-order valence-electron chi connectivity index (χ0n) is 6.05. The van der Waals surface area contributed by atoms with Gasteiger partial charge in [-0.05, 0) is 20.3 Å². The van der Waals surface area contributed by atoms with Gasteiger partial charge < -0.3 is 9.84 Å². The van der Waals surface area contributed by atoms with Crippen LogP contribution in [0.1, 0.15) is 26.7 Å². The minimum Gasteiger partial charge on any atom is -0.390 e. The second kappa shape index (κ2) is 2.27. The first kappa shape index (κ1) is 7.03. The summed E-state index contributed by atoms with van der Waals surface area (Å²) < 4.78 is 5.25. The molecule has 0 amide bonds. The van der Waals surface area contributed by atoms with Crippen molar-refractivity contribution in [1.29, 1.82) is 0 Å². The largest absolute Gasteiger partial charge is 0.390 e. The van der Waals surface area contributed by atoms with Crippen LogP contribution >= 0.6 is 0 Å². The van der Waals surface area contributed by atoms with E-state index in [2.05, 4.69) is 0 Å². The molecular formula is C7H14O2. The Balaban J connectivity index is 2.41. The lowest BCUT2D eigenvalue weighted by Gasteiger charge is -2.32. The highest BCUT2D eigenvalue weighted by atomic mass is 16.5. The molecule has 1 N–H and O–H groups in total. The Labute approximate surface area is 55.8 Å². The lowest BCUT2D eigenvalue weighted by Crippen LogP contribution is -2.36. The molecule has 0 radical (unpaired) electrons. The van der Waals surface area contributed by atoms with Gasteiger partial charge in [0.05, 0.1) is 11.7 Å². The zero-order valence-corrected chi connectivity index (χ0v) is 6.05. The average Bonchev–Trinajstić information content (AvgIpc) is 1.60. The molecule has 0 spiro atoms. The average molecular weight is 130 g/mol. The van der Waals surface area contributed by atoms with Crippen LogP contribution in [0.3, 0.4) is 0 Å². The Kier molecular flexibility index (Phi) is 1.78. The highest BCUT2D eigenvalue weighted by molar-refractivity contribution is 4.78. The summed E-state index contributed by atoms with van der Waals surface area (Å²) in [6.07, 6.45) is 1.78. The summed E-state index contributed by atoms with van der Waals surface area (Å²) in [7, 11) is 0. The molecule has 0 aromatic rings. The topological polar surface area (TPSA) is 29.5 Å². The van der Waals surface area contributed by atoms with Crippen molar-refractivity contribution in [2.24, 2.45) is 0 Å². The Hall–Kier alpha value is -0.0800. The highest BCUT2D eigenvalue weighted by Crippen LogP contribution is 2.23. The van der Waals surface area contributed by atoms with E-state index >= 15 is 0 Å². The van der Waals surface area contributed by atoms with Gasteiger partial charge in [-0.25, -0.2) is 0 Å². The molecule has 9 heavy (non-hydrogen) atoms. The molecule has 0 unspecified atom stereocenters. The van der Waals surface area contributed by atoms with Crippen LogP contribution in [-0.2, 0) is 4.74 Å². The Morgan fingerprint density at radius 2 is 2.33 bits per heavy atom. The predicted molar refractivity (Wildman–Crippen MR) is 35.3 cm³/mol. The van der Waals surface area contributed by atoms with Gasteiger partial charge in [-0.3, -0.25) is 0 Å². The molecule has 0 aromatic carbocycles. The SMILES string of the molecule is C[C@@H]1C[C@](C)(O)CCO1. The molecule has 1 saturated heterocycles. The molecule has 0 aromatic heterocycles. The van der Waals surface area contributed by atoms with Crippen molar-refractivity contribution >= 4 is 0 Å². The predicted octanol–water partition coefficient (Wildman–Crippen LogP) is 0.936. The van der Waals surface area contributed by atoms with E-state index in [1.807, 2.05) is 13.8 Å². The molecule has 0 aliphatic carbocycles. The standard InChI is InChI=1S/C7H14O2/c1-6-5-7(2,8)3-4-9-6/h6,8H,3-5H2,1-2H3/t6-,7-/m1/s1. The van der Waals surface area contributed by atoms with E-state index in [-0.39, 0.29) is 6.10 Å². The Morgan fingerprint density at radius 3 is 2.67 bits per heavy atom. The van der Waals surface area contributed by atoms with E-state index in [0.29, 0.717) is 6.61 Å². The van der Waals surface area contributed by atoms with Crippen LogP contribution in [0.5, 0.6) is 0 Å². The number of ether oxygens (including phenoxy) is 1. The van der Waals surface area contributed by atoms with E-state index in [4.69, 9.17) is 4.74 Å². The Bertz CT molecular complexity index is 99.1. The third-order valence-corrected chi connectivity index (χ3v) is 1.77. The van der Waals surface area contributed by atoms with Gasteiger partial charge >= 0.3 is 0 Å². The van der Waals surface area contributed by atoms with E-state index in [1.165, 1.54) is 0 Å². The summed E-state index contributed by atoms with van der Waals surface area (Å²) in [5.74, 6) is 0. The van der Waals surface area contributed by atoms with E-state index in [9.17, 15) is 5.11 Å². The van der Waals surface area contributed by atoms with Crippen LogP contribution in [0.2, 0.25) is 0 Å². The molecule has 1 rings (SSSR count). The quantitative estimate of drug-likeness (QED) is 0.528. The van der Waals surface area contributed by atoms with Gasteiger partial charge in [-0.1, -0.05) is 0 Å². The first-order valence-corrected chi connectivity index (χ1v) is 3.44. The number of hydrogen-bond donors (Lipinski definition) is 1. The van der Waals surface area contributed by atoms with Gasteiger partial charge in [0, 0.05) is 13.0 Å². The minimum absolute atomic E-state index is 0.230. The molecule has 54 valence electrons. The van der Waals surface area contributed by atoms with Crippen molar-refractivity contribution in [3.8, 4) is 0 Å². The molecule has 2 atom stereocenters. The summed E-state index contributed by atoms with van der Waals surface area (Å²) >= 11 is 0. The van der Waals surface area contributed by atoms with Gasteiger partial charge in [-0.2, -0.15) is 0 Å². The molecule has 1 heterocycles. The third-order valence-electron chi connectivity index (χ3n) is 1.77. The fourth-order valence-electron chi connectivity index (χ4n) is 1.26. The van der Waals surface area contributed by atoms with E-state index in [1.54, 1.807) is 0 Å². The van der Waals surface area contributed by atoms with Crippen molar-refractivity contribution in [1.82, 2.24) is 0 Å². The maximum absolute atomic E-state index is 9.46. The van der Waals surface area contributed by atoms with Crippen molar-refractivity contribution in [2.75, 3.05) is 6.61 Å². The molecule has 1 aliphatic rings. The summed E-state index contributed by atoms with van der Waals surface area (Å²) in [4.78, 5) is 0. The zero-order chi connectivity index (χ0) is 6.91. The van der Waals surface area contributed by atoms with Crippen LogP contribution in [0.4, 0.5) is 0 Å². The van der Waals surface area contributed by atoms with Crippen molar-refractivity contribution < 1.29 is 9.84 Å². The van der Waals surface area contributed by atoms with Gasteiger partial charge in [0.25, 0.3) is 0 Å². The monoisotopic (exact) mass is 130 g/mol. The summed E-state index contributed by atoms with van der Waals surface area (Å²) in [5.41, 5.74) is -0.475. The normalized spacial score (nSPS) is 45.0. The van der Waals surface area contributed by atoms with Crippen LogP contribution in [-0.4, -0.2) is 23.4 Å². The Morgan fingerprint density at radius 1 is 1.67 bits per heavy atom. The van der Waals surface area contributed by atoms with Gasteiger partial charge in [-0.15, -0.1) is 0 Å². The number of aliphatic hydroxyl groups is 1. The first-order valence-electron chi connectivity index (χ1n) is 3.44. The lowest BCUT2D eigenvalue weighted by atomic mass is 9.93. The molecule has 2 nitrogen and oxygen atoms in total. The molecule has 1 fully saturated rings. The van der Waals surface area contributed by atoms with E-state index in [0.717, 1.165) is 12.8 Å². The lowest BCUT2D eigenvalue weighted by molar-refractivity contribution is -0.0865. The highest BCUT2D eigenvalue weighted by Gasteiger charge is 2.27. The molecule has 2 heteroatoms. The second-order valence-electron chi connectivity index (χ2n) is 3.13.